The Balaban J connectivity index is 1.69. The Hall–Kier alpha value is -3.64. The van der Waals surface area contributed by atoms with E-state index in [1.54, 1.807) is 31.2 Å². The predicted octanol–water partition coefficient (Wildman–Crippen LogP) is 4.98. The molecule has 0 fully saturated rings. The number of ether oxygens (including phenoxy) is 1. The van der Waals surface area contributed by atoms with E-state index in [9.17, 15) is 14.4 Å². The number of carbonyl (C=O) groups excluding carboxylic acids is 2. The van der Waals surface area contributed by atoms with Gasteiger partial charge in [0.1, 0.15) is 5.58 Å². The Labute approximate surface area is 200 Å². The van der Waals surface area contributed by atoms with Crippen LogP contribution in [0.2, 0.25) is 5.02 Å². The number of allylic oxidation sites excluding steroid dienone is 3. The van der Waals surface area contributed by atoms with Crippen LogP contribution in [0, 0.1) is 0 Å². The number of nitrogens with one attached hydrogen (secondary N) is 1. The van der Waals surface area contributed by atoms with Crippen LogP contribution in [0.1, 0.15) is 42.7 Å². The van der Waals surface area contributed by atoms with Crippen LogP contribution in [0.4, 0.5) is 0 Å². The summed E-state index contributed by atoms with van der Waals surface area (Å²) in [5.41, 5.74) is 3.14. The van der Waals surface area contributed by atoms with E-state index in [2.05, 4.69) is 5.32 Å². The van der Waals surface area contributed by atoms with Crippen LogP contribution in [0.25, 0.3) is 11.0 Å². The maximum Gasteiger partial charge on any atom is 0.336 e. The number of ketones is 1. The number of hydrogen-bond donors (Lipinski definition) is 1. The van der Waals surface area contributed by atoms with Gasteiger partial charge in [-0.2, -0.15) is 0 Å². The topological polar surface area (TPSA) is 85.6 Å². The van der Waals surface area contributed by atoms with Gasteiger partial charge in [-0.15, -0.1) is 0 Å². The van der Waals surface area contributed by atoms with Crippen LogP contribution in [-0.4, -0.2) is 18.9 Å². The highest BCUT2D eigenvalue weighted by Crippen LogP contribution is 2.46. The summed E-state index contributed by atoms with van der Waals surface area (Å²) in [6, 6.07) is 14.4. The number of methoxy groups -OCH3 is 1. The third kappa shape index (κ3) is 3.55. The molecule has 5 rings (SSSR count). The summed E-state index contributed by atoms with van der Waals surface area (Å²) in [5.74, 6) is -1.75. The lowest BCUT2D eigenvalue weighted by molar-refractivity contribution is -0.136. The monoisotopic (exact) mass is 475 g/mol. The first kappa shape index (κ1) is 22.2. The first-order valence-corrected chi connectivity index (χ1v) is 11.4. The van der Waals surface area contributed by atoms with Crippen molar-refractivity contribution in [3.8, 4) is 0 Å². The highest BCUT2D eigenvalue weighted by molar-refractivity contribution is 6.31. The van der Waals surface area contributed by atoms with Crippen LogP contribution < -0.4 is 10.7 Å². The molecular weight excluding hydrogens is 454 g/mol. The van der Waals surface area contributed by atoms with Crippen molar-refractivity contribution in [1.29, 1.82) is 0 Å². The van der Waals surface area contributed by atoms with E-state index in [0.717, 1.165) is 5.56 Å². The Bertz CT molecular complexity index is 1470. The summed E-state index contributed by atoms with van der Waals surface area (Å²) in [6.07, 6.45) is 2.09. The number of halogens is 1. The summed E-state index contributed by atoms with van der Waals surface area (Å²) in [6.45, 7) is 1.75. The summed E-state index contributed by atoms with van der Waals surface area (Å²) in [7, 11) is 1.28. The first-order valence-electron chi connectivity index (χ1n) is 11.0. The third-order valence-electron chi connectivity index (χ3n) is 6.60. The molecule has 1 N–H and O–H groups in total. The molecule has 34 heavy (non-hydrogen) atoms. The number of para-hydroxylation sites is 1. The van der Waals surface area contributed by atoms with E-state index in [1.807, 2.05) is 24.3 Å². The van der Waals surface area contributed by atoms with E-state index in [4.69, 9.17) is 20.8 Å². The van der Waals surface area contributed by atoms with E-state index in [0.29, 0.717) is 39.4 Å². The van der Waals surface area contributed by atoms with Gasteiger partial charge in [-0.3, -0.25) is 9.59 Å². The van der Waals surface area contributed by atoms with Crippen LogP contribution in [0.15, 0.2) is 86.5 Å². The minimum atomic E-state index is -0.885. The SMILES string of the molecule is COC(=O)C1=C(C)NC2=C(C(=O)C[C@@H](c3ccccc3Cl)C2)[C@H]1c1coc2ccccc2c1=O. The number of esters is 1. The van der Waals surface area contributed by atoms with Gasteiger partial charge in [-0.1, -0.05) is 41.9 Å². The van der Waals surface area contributed by atoms with Gasteiger partial charge < -0.3 is 14.5 Å². The molecule has 0 spiro atoms. The molecule has 0 radical (unpaired) electrons. The molecule has 1 aromatic heterocycles. The normalized spacial score (nSPS) is 20.3. The largest absolute Gasteiger partial charge is 0.466 e. The Morgan fingerprint density at radius 3 is 2.56 bits per heavy atom. The highest BCUT2D eigenvalue weighted by atomic mass is 35.5. The van der Waals surface area contributed by atoms with E-state index in [-0.39, 0.29) is 34.7 Å². The quantitative estimate of drug-likeness (QED) is 0.538. The number of carbonyl (C=O) groups is 2. The molecule has 0 saturated carbocycles. The zero-order valence-corrected chi connectivity index (χ0v) is 19.4. The zero-order chi connectivity index (χ0) is 24.0. The predicted molar refractivity (Wildman–Crippen MR) is 129 cm³/mol. The first-order chi connectivity index (χ1) is 16.4. The van der Waals surface area contributed by atoms with Crippen molar-refractivity contribution in [3.05, 3.63) is 104 Å². The smallest absolute Gasteiger partial charge is 0.336 e. The molecule has 0 unspecified atom stereocenters. The second-order valence-corrected chi connectivity index (χ2v) is 8.95. The molecule has 3 aromatic rings. The molecule has 0 amide bonds. The van der Waals surface area contributed by atoms with Crippen molar-refractivity contribution in [3.63, 3.8) is 0 Å². The number of hydrogen-bond acceptors (Lipinski definition) is 6. The van der Waals surface area contributed by atoms with Crippen LogP contribution in [0.3, 0.4) is 0 Å². The summed E-state index contributed by atoms with van der Waals surface area (Å²) in [5, 5.41) is 4.25. The Kier molecular flexibility index (Phi) is 5.62. The van der Waals surface area contributed by atoms with Crippen molar-refractivity contribution in [2.45, 2.75) is 31.6 Å². The molecule has 2 heterocycles. The lowest BCUT2D eigenvalue weighted by atomic mass is 9.72. The molecule has 2 aliphatic rings. The fraction of sp³-hybridized carbons (Fsp3) is 0.222. The van der Waals surface area contributed by atoms with Gasteiger partial charge in [-0.25, -0.2) is 4.79 Å². The lowest BCUT2D eigenvalue weighted by Gasteiger charge is -2.36. The van der Waals surface area contributed by atoms with Gasteiger partial charge in [0.05, 0.1) is 30.3 Å². The fourth-order valence-corrected chi connectivity index (χ4v) is 5.34. The lowest BCUT2D eigenvalue weighted by Crippen LogP contribution is -2.37. The summed E-state index contributed by atoms with van der Waals surface area (Å²) >= 11 is 6.42. The van der Waals surface area contributed by atoms with Crippen molar-refractivity contribution in [2.75, 3.05) is 7.11 Å². The zero-order valence-electron chi connectivity index (χ0n) is 18.7. The van der Waals surface area contributed by atoms with Gasteiger partial charge in [-0.05, 0) is 43.0 Å². The van der Waals surface area contributed by atoms with Gasteiger partial charge >= 0.3 is 5.97 Å². The Morgan fingerprint density at radius 2 is 1.79 bits per heavy atom. The molecule has 1 aliphatic carbocycles. The number of Topliss-reactive ketones (excluding diaryl/α,β-unsaturated/α-hetero) is 1. The summed E-state index contributed by atoms with van der Waals surface area (Å²) < 4.78 is 10.8. The number of dihydropyridines is 1. The molecule has 1 aliphatic heterocycles. The minimum absolute atomic E-state index is 0.117. The average Bonchev–Trinajstić information content (AvgIpc) is 2.83. The van der Waals surface area contributed by atoms with Crippen molar-refractivity contribution >= 4 is 34.3 Å². The number of fused-ring (bicyclic) bond motifs is 1. The Morgan fingerprint density at radius 1 is 1.06 bits per heavy atom. The molecule has 6 nitrogen and oxygen atoms in total. The highest BCUT2D eigenvalue weighted by Gasteiger charge is 2.42. The fourth-order valence-electron chi connectivity index (χ4n) is 5.05. The maximum atomic E-state index is 13.6. The third-order valence-corrected chi connectivity index (χ3v) is 6.94. The molecular formula is C27H22ClNO5. The van der Waals surface area contributed by atoms with Crippen molar-refractivity contribution in [2.24, 2.45) is 0 Å². The van der Waals surface area contributed by atoms with Gasteiger partial charge in [0.25, 0.3) is 0 Å². The van der Waals surface area contributed by atoms with Crippen LogP contribution >= 0.6 is 11.6 Å². The van der Waals surface area contributed by atoms with E-state index >= 15 is 0 Å². The minimum Gasteiger partial charge on any atom is -0.466 e. The van der Waals surface area contributed by atoms with Crippen molar-refractivity contribution < 1.29 is 18.7 Å². The average molecular weight is 476 g/mol. The standard InChI is InChI=1S/C27H22ClNO5/c1-14-23(27(32)33-2)24(18-13-34-22-10-6-4-8-17(22)26(18)31)25-20(29-14)11-15(12-21(25)30)16-7-3-5-9-19(16)28/h3-10,13,15,24,29H,11-12H2,1-2H3/t15-,24-/m0/s1. The van der Waals surface area contributed by atoms with Gasteiger partial charge in [0.15, 0.2) is 11.2 Å². The molecule has 2 atom stereocenters. The second-order valence-electron chi connectivity index (χ2n) is 8.55. The molecule has 0 saturated heterocycles. The molecule has 2 aromatic carbocycles. The molecule has 0 bridgehead atoms. The maximum absolute atomic E-state index is 13.6. The van der Waals surface area contributed by atoms with Crippen LogP contribution in [-0.2, 0) is 14.3 Å². The number of rotatable bonds is 3. The van der Waals surface area contributed by atoms with Gasteiger partial charge in [0, 0.05) is 34.0 Å². The van der Waals surface area contributed by atoms with Crippen LogP contribution in [0.5, 0.6) is 0 Å². The molecule has 172 valence electrons. The van der Waals surface area contributed by atoms with E-state index in [1.165, 1.54) is 13.4 Å². The second kappa shape index (κ2) is 8.61. The number of benzene rings is 2. The van der Waals surface area contributed by atoms with Crippen molar-refractivity contribution in [1.82, 2.24) is 5.32 Å². The van der Waals surface area contributed by atoms with E-state index < -0.39 is 11.9 Å². The van der Waals surface area contributed by atoms with Gasteiger partial charge in [0.2, 0.25) is 0 Å². The summed E-state index contributed by atoms with van der Waals surface area (Å²) in [4.78, 5) is 39.9. The molecule has 7 heteroatoms.